The Morgan fingerprint density at radius 2 is 1.79 bits per heavy atom. The molecule has 1 atom stereocenters. The molecule has 1 unspecified atom stereocenters. The van der Waals surface area contributed by atoms with Crippen LogP contribution < -0.4 is 10.6 Å². The molecular formula is C14H14ClN3O. The molecule has 1 aromatic carbocycles. The summed E-state index contributed by atoms with van der Waals surface area (Å²) in [6.07, 6.45) is 3.40. The fourth-order valence-corrected chi connectivity index (χ4v) is 1.76. The SMILES string of the molecule is CC(NC(=O)Nc1ccc(Cl)cc1)c1ccncc1. The summed E-state index contributed by atoms with van der Waals surface area (Å²) in [5, 5.41) is 6.23. The first kappa shape index (κ1) is 13.4. The van der Waals surface area contributed by atoms with Gasteiger partial charge in [-0.15, -0.1) is 0 Å². The van der Waals surface area contributed by atoms with E-state index in [9.17, 15) is 4.79 Å². The number of carbonyl (C=O) groups excluding carboxylic acids is 1. The Morgan fingerprint density at radius 3 is 2.42 bits per heavy atom. The number of carbonyl (C=O) groups is 1. The predicted octanol–water partition coefficient (Wildman–Crippen LogP) is 3.62. The van der Waals surface area contributed by atoms with Crippen LogP contribution in [0.5, 0.6) is 0 Å². The third kappa shape index (κ3) is 3.96. The lowest BCUT2D eigenvalue weighted by Gasteiger charge is -2.14. The molecule has 0 spiro atoms. The summed E-state index contributed by atoms with van der Waals surface area (Å²) in [4.78, 5) is 15.8. The number of anilines is 1. The van der Waals surface area contributed by atoms with E-state index in [1.54, 1.807) is 36.7 Å². The predicted molar refractivity (Wildman–Crippen MR) is 76.3 cm³/mol. The van der Waals surface area contributed by atoms with Crippen molar-refractivity contribution in [3.8, 4) is 0 Å². The molecular weight excluding hydrogens is 262 g/mol. The standard InChI is InChI=1S/C14H14ClN3O/c1-10(11-6-8-16-9-7-11)17-14(19)18-13-4-2-12(15)3-5-13/h2-10H,1H3,(H2,17,18,19). The molecule has 4 nitrogen and oxygen atoms in total. The second kappa shape index (κ2) is 6.20. The van der Waals surface area contributed by atoms with Gasteiger partial charge in [0.1, 0.15) is 0 Å². The Morgan fingerprint density at radius 1 is 1.16 bits per heavy atom. The van der Waals surface area contributed by atoms with Crippen LogP contribution in [-0.2, 0) is 0 Å². The zero-order chi connectivity index (χ0) is 13.7. The molecule has 98 valence electrons. The number of nitrogens with one attached hydrogen (secondary N) is 2. The molecule has 2 N–H and O–H groups in total. The highest BCUT2D eigenvalue weighted by Crippen LogP contribution is 2.14. The molecule has 0 saturated heterocycles. The zero-order valence-electron chi connectivity index (χ0n) is 10.4. The Bertz CT molecular complexity index is 542. The lowest BCUT2D eigenvalue weighted by atomic mass is 10.1. The second-order valence-electron chi connectivity index (χ2n) is 4.11. The van der Waals surface area contributed by atoms with Gasteiger partial charge in [0.05, 0.1) is 6.04 Å². The molecule has 0 fully saturated rings. The van der Waals surface area contributed by atoms with E-state index in [0.29, 0.717) is 10.7 Å². The number of hydrogen-bond acceptors (Lipinski definition) is 2. The van der Waals surface area contributed by atoms with Crippen molar-refractivity contribution in [3.05, 3.63) is 59.4 Å². The minimum Gasteiger partial charge on any atom is -0.331 e. The van der Waals surface area contributed by atoms with Crippen LogP contribution in [0.25, 0.3) is 0 Å². The molecule has 1 heterocycles. The maximum atomic E-state index is 11.8. The molecule has 0 bridgehead atoms. The summed E-state index contributed by atoms with van der Waals surface area (Å²) in [5.41, 5.74) is 1.70. The number of amides is 2. The number of aromatic nitrogens is 1. The van der Waals surface area contributed by atoms with E-state index in [0.717, 1.165) is 5.56 Å². The van der Waals surface area contributed by atoms with Gasteiger partial charge in [-0.25, -0.2) is 4.79 Å². The van der Waals surface area contributed by atoms with Crippen LogP contribution in [0, 0.1) is 0 Å². The van der Waals surface area contributed by atoms with Gasteiger partial charge in [0.2, 0.25) is 0 Å². The lowest BCUT2D eigenvalue weighted by molar-refractivity contribution is 0.249. The summed E-state index contributed by atoms with van der Waals surface area (Å²) in [6.45, 7) is 1.91. The van der Waals surface area contributed by atoms with Crippen molar-refractivity contribution in [2.24, 2.45) is 0 Å². The van der Waals surface area contributed by atoms with Gasteiger partial charge in [-0.05, 0) is 48.9 Å². The minimum atomic E-state index is -0.258. The number of nitrogens with zero attached hydrogens (tertiary/aromatic N) is 1. The van der Waals surface area contributed by atoms with E-state index >= 15 is 0 Å². The van der Waals surface area contributed by atoms with Crippen molar-refractivity contribution < 1.29 is 4.79 Å². The van der Waals surface area contributed by atoms with Crippen molar-refractivity contribution in [1.82, 2.24) is 10.3 Å². The maximum Gasteiger partial charge on any atom is 0.319 e. The Hall–Kier alpha value is -2.07. The first-order valence-corrected chi connectivity index (χ1v) is 6.26. The van der Waals surface area contributed by atoms with Gasteiger partial charge in [-0.2, -0.15) is 0 Å². The molecule has 0 saturated carbocycles. The normalized spacial score (nSPS) is 11.7. The van der Waals surface area contributed by atoms with Crippen LogP contribution in [0.2, 0.25) is 5.02 Å². The maximum absolute atomic E-state index is 11.8. The molecule has 2 amide bonds. The molecule has 2 rings (SSSR count). The average molecular weight is 276 g/mol. The summed E-state index contributed by atoms with van der Waals surface area (Å²) in [7, 11) is 0. The Kier molecular flexibility index (Phi) is 4.36. The van der Waals surface area contributed by atoms with Crippen LogP contribution in [-0.4, -0.2) is 11.0 Å². The summed E-state index contributed by atoms with van der Waals surface area (Å²) >= 11 is 5.78. The molecule has 0 aliphatic carbocycles. The third-order valence-electron chi connectivity index (χ3n) is 2.66. The first-order valence-electron chi connectivity index (χ1n) is 5.88. The zero-order valence-corrected chi connectivity index (χ0v) is 11.2. The summed E-state index contributed by atoms with van der Waals surface area (Å²) in [5.74, 6) is 0. The first-order chi connectivity index (χ1) is 9.15. The summed E-state index contributed by atoms with van der Waals surface area (Å²) in [6, 6.07) is 10.3. The van der Waals surface area contributed by atoms with Gasteiger partial charge in [0.25, 0.3) is 0 Å². The highest BCUT2D eigenvalue weighted by Gasteiger charge is 2.08. The van der Waals surface area contributed by atoms with Gasteiger partial charge < -0.3 is 10.6 Å². The third-order valence-corrected chi connectivity index (χ3v) is 2.91. The second-order valence-corrected chi connectivity index (χ2v) is 4.54. The number of pyridine rings is 1. The van der Waals surface area contributed by atoms with E-state index in [4.69, 9.17) is 11.6 Å². The van der Waals surface area contributed by atoms with E-state index in [2.05, 4.69) is 15.6 Å². The van der Waals surface area contributed by atoms with Crippen LogP contribution >= 0.6 is 11.6 Å². The summed E-state index contributed by atoms with van der Waals surface area (Å²) < 4.78 is 0. The molecule has 2 aromatic rings. The largest absolute Gasteiger partial charge is 0.331 e. The van der Waals surface area contributed by atoms with E-state index in [-0.39, 0.29) is 12.1 Å². The fraction of sp³-hybridized carbons (Fsp3) is 0.143. The molecule has 5 heteroatoms. The van der Waals surface area contributed by atoms with Crippen molar-refractivity contribution in [3.63, 3.8) is 0 Å². The van der Waals surface area contributed by atoms with Gasteiger partial charge >= 0.3 is 6.03 Å². The highest BCUT2D eigenvalue weighted by molar-refractivity contribution is 6.30. The monoisotopic (exact) mass is 275 g/mol. The Balaban J connectivity index is 1.93. The number of hydrogen-bond donors (Lipinski definition) is 2. The van der Waals surface area contributed by atoms with Crippen molar-refractivity contribution in [2.75, 3.05) is 5.32 Å². The lowest BCUT2D eigenvalue weighted by Crippen LogP contribution is -2.31. The number of rotatable bonds is 3. The average Bonchev–Trinajstić information content (AvgIpc) is 2.42. The van der Waals surface area contributed by atoms with Crippen molar-refractivity contribution in [2.45, 2.75) is 13.0 Å². The van der Waals surface area contributed by atoms with Gasteiger partial charge in [0.15, 0.2) is 0 Å². The van der Waals surface area contributed by atoms with Gasteiger partial charge in [0, 0.05) is 23.1 Å². The van der Waals surface area contributed by atoms with Crippen molar-refractivity contribution in [1.29, 1.82) is 0 Å². The molecule has 0 aliphatic rings. The molecule has 19 heavy (non-hydrogen) atoms. The number of urea groups is 1. The van der Waals surface area contributed by atoms with E-state index in [1.165, 1.54) is 0 Å². The van der Waals surface area contributed by atoms with Crippen LogP contribution in [0.3, 0.4) is 0 Å². The number of benzene rings is 1. The molecule has 1 aromatic heterocycles. The smallest absolute Gasteiger partial charge is 0.319 e. The minimum absolute atomic E-state index is 0.0877. The topological polar surface area (TPSA) is 54.0 Å². The van der Waals surface area contributed by atoms with Gasteiger partial charge in [-0.1, -0.05) is 11.6 Å². The number of halogens is 1. The Labute approximate surface area is 116 Å². The molecule has 0 radical (unpaired) electrons. The van der Waals surface area contributed by atoms with Crippen molar-refractivity contribution >= 4 is 23.3 Å². The van der Waals surface area contributed by atoms with Crippen LogP contribution in [0.15, 0.2) is 48.8 Å². The van der Waals surface area contributed by atoms with E-state index < -0.39 is 0 Å². The quantitative estimate of drug-likeness (QED) is 0.899. The molecule has 0 aliphatic heterocycles. The van der Waals surface area contributed by atoms with E-state index in [1.807, 2.05) is 19.1 Å². The van der Waals surface area contributed by atoms with Crippen LogP contribution in [0.4, 0.5) is 10.5 Å². The van der Waals surface area contributed by atoms with Gasteiger partial charge in [-0.3, -0.25) is 4.98 Å². The highest BCUT2D eigenvalue weighted by atomic mass is 35.5. The van der Waals surface area contributed by atoms with Crippen LogP contribution in [0.1, 0.15) is 18.5 Å². The fourth-order valence-electron chi connectivity index (χ4n) is 1.63.